The summed E-state index contributed by atoms with van der Waals surface area (Å²) in [7, 11) is 0.287. The van der Waals surface area contributed by atoms with Gasteiger partial charge in [0.15, 0.2) is 5.78 Å². The summed E-state index contributed by atoms with van der Waals surface area (Å²) in [5.74, 6) is 1.06. The first-order chi connectivity index (χ1) is 12.6. The highest BCUT2D eigenvalue weighted by Crippen LogP contribution is 2.56. The highest BCUT2D eigenvalue weighted by molar-refractivity contribution is 6.88. The van der Waals surface area contributed by atoms with Gasteiger partial charge in [-0.2, -0.15) is 0 Å². The number of hydrogen-bond acceptors (Lipinski definition) is 2. The lowest BCUT2D eigenvalue weighted by atomic mass is 9.67. The zero-order chi connectivity index (χ0) is 19.6. The lowest BCUT2D eigenvalue weighted by molar-refractivity contribution is -0.118. The molecule has 0 saturated heterocycles. The quantitative estimate of drug-likeness (QED) is 0.704. The predicted octanol–water partition coefficient (Wildman–Crippen LogP) is 4.80. The third-order valence-electron chi connectivity index (χ3n) is 6.34. The number of carbonyl (C=O) groups excluding carboxylic acids is 1. The van der Waals surface area contributed by atoms with Crippen LogP contribution in [-0.4, -0.2) is 21.0 Å². The fourth-order valence-electron chi connectivity index (χ4n) is 4.89. The molecule has 0 aromatic heterocycles. The van der Waals surface area contributed by atoms with E-state index in [9.17, 15) is 4.79 Å². The first-order valence-electron chi connectivity index (χ1n) is 9.66. The molecule has 0 saturated carbocycles. The molecule has 0 N–H and O–H groups in total. The number of ether oxygens (including phenoxy) is 1. The van der Waals surface area contributed by atoms with Crippen LogP contribution in [-0.2, 0) is 15.6 Å². The largest absolute Gasteiger partial charge is 0.497 e. The molecule has 2 aromatic rings. The lowest BCUT2D eigenvalue weighted by Crippen LogP contribution is -2.41. The van der Waals surface area contributed by atoms with Crippen molar-refractivity contribution in [3.63, 3.8) is 0 Å². The van der Waals surface area contributed by atoms with Crippen LogP contribution < -0.4 is 9.92 Å². The van der Waals surface area contributed by atoms with Gasteiger partial charge in [0, 0.05) is 0 Å². The van der Waals surface area contributed by atoms with Crippen molar-refractivity contribution in [3.05, 3.63) is 64.7 Å². The topological polar surface area (TPSA) is 26.3 Å². The van der Waals surface area contributed by atoms with Crippen molar-refractivity contribution in [2.45, 2.75) is 50.7 Å². The number of methoxy groups -OCH3 is 1. The molecule has 0 amide bonds. The molecule has 2 aromatic carbocycles. The maximum Gasteiger partial charge on any atom is 0.170 e. The van der Waals surface area contributed by atoms with Crippen LogP contribution in [0.1, 0.15) is 42.5 Å². The Morgan fingerprint density at radius 2 is 1.63 bits per heavy atom. The lowest BCUT2D eigenvalue weighted by Gasteiger charge is -2.35. The molecule has 0 bridgehead atoms. The number of carbonyl (C=O) groups is 1. The number of allylic oxidation sites excluding steroid dienone is 1. The van der Waals surface area contributed by atoms with Crippen LogP contribution >= 0.6 is 0 Å². The Morgan fingerprint density at radius 3 is 2.30 bits per heavy atom. The monoisotopic (exact) mass is 376 g/mol. The summed E-state index contributed by atoms with van der Waals surface area (Å²) in [6.45, 7) is 11.6. The molecule has 0 fully saturated rings. The summed E-state index contributed by atoms with van der Waals surface area (Å²) in [6, 6.07) is 13.0. The van der Waals surface area contributed by atoms with Gasteiger partial charge in [-0.05, 0) is 52.3 Å². The van der Waals surface area contributed by atoms with E-state index < -0.39 is 13.5 Å². The molecule has 2 aliphatic rings. The summed E-state index contributed by atoms with van der Waals surface area (Å²) < 4.78 is 5.46. The average molecular weight is 377 g/mol. The van der Waals surface area contributed by atoms with Gasteiger partial charge >= 0.3 is 0 Å². The minimum atomic E-state index is -1.41. The molecule has 1 atom stereocenters. The van der Waals surface area contributed by atoms with Crippen LogP contribution in [0.5, 0.6) is 5.75 Å². The molecule has 3 heteroatoms. The SMILES string of the molecule is COc1ccc2c(c1)C(C)(C)CC21C(=O)C=Cc2cc([Si](C)(C)C)ccc21. The molecule has 27 heavy (non-hydrogen) atoms. The standard InChI is InChI=1S/C24H28O2Si/c1-23(2)15-24(20-10-8-17(26-3)14-21(20)23)19-11-9-18(27(4,5)6)13-16(19)7-12-22(24)25/h7-14H,15H2,1-6H3. The molecule has 4 rings (SSSR count). The van der Waals surface area contributed by atoms with Gasteiger partial charge < -0.3 is 4.74 Å². The average Bonchev–Trinajstić information content (AvgIpc) is 2.85. The fourth-order valence-corrected chi connectivity index (χ4v) is 6.06. The van der Waals surface area contributed by atoms with Gasteiger partial charge in [0.05, 0.1) is 20.6 Å². The molecule has 140 valence electrons. The Balaban J connectivity index is 1.98. The van der Waals surface area contributed by atoms with Gasteiger partial charge in [-0.25, -0.2) is 0 Å². The van der Waals surface area contributed by atoms with Crippen LogP contribution in [0.3, 0.4) is 0 Å². The molecule has 0 heterocycles. The number of benzene rings is 2. The molecular formula is C24H28O2Si. The van der Waals surface area contributed by atoms with E-state index in [4.69, 9.17) is 4.74 Å². The Bertz CT molecular complexity index is 978. The Morgan fingerprint density at radius 1 is 0.926 bits per heavy atom. The van der Waals surface area contributed by atoms with Crippen molar-refractivity contribution < 1.29 is 9.53 Å². The zero-order valence-electron chi connectivity index (χ0n) is 17.1. The van der Waals surface area contributed by atoms with E-state index in [1.54, 1.807) is 13.2 Å². The summed E-state index contributed by atoms with van der Waals surface area (Å²) in [5, 5.41) is 1.43. The smallest absolute Gasteiger partial charge is 0.170 e. The number of rotatable bonds is 2. The predicted molar refractivity (Wildman–Crippen MR) is 115 cm³/mol. The summed E-state index contributed by atoms with van der Waals surface area (Å²) in [5.41, 5.74) is 4.07. The normalized spacial score (nSPS) is 22.7. The summed E-state index contributed by atoms with van der Waals surface area (Å²) in [4.78, 5) is 13.4. The third kappa shape index (κ3) is 2.55. The van der Waals surface area contributed by atoms with E-state index in [1.807, 2.05) is 12.1 Å². The minimum absolute atomic E-state index is 0.0839. The Kier molecular flexibility index (Phi) is 3.84. The van der Waals surface area contributed by atoms with E-state index in [0.717, 1.165) is 23.3 Å². The molecule has 0 radical (unpaired) electrons. The van der Waals surface area contributed by atoms with Crippen molar-refractivity contribution in [1.82, 2.24) is 0 Å². The van der Waals surface area contributed by atoms with Crippen molar-refractivity contribution >= 4 is 25.1 Å². The maximum absolute atomic E-state index is 13.4. The second kappa shape index (κ2) is 5.68. The van der Waals surface area contributed by atoms with Gasteiger partial charge in [0.1, 0.15) is 5.75 Å². The van der Waals surface area contributed by atoms with E-state index in [1.165, 1.54) is 16.3 Å². The van der Waals surface area contributed by atoms with E-state index >= 15 is 0 Å². The van der Waals surface area contributed by atoms with Crippen molar-refractivity contribution in [2.24, 2.45) is 0 Å². The van der Waals surface area contributed by atoms with Gasteiger partial charge in [-0.1, -0.05) is 69.0 Å². The first-order valence-corrected chi connectivity index (χ1v) is 13.2. The van der Waals surface area contributed by atoms with E-state index in [2.05, 4.69) is 63.8 Å². The van der Waals surface area contributed by atoms with Crippen LogP contribution in [0, 0.1) is 0 Å². The molecule has 0 aliphatic heterocycles. The molecule has 1 spiro atoms. The number of ketones is 1. The van der Waals surface area contributed by atoms with Gasteiger partial charge in [0.25, 0.3) is 0 Å². The molecule has 1 unspecified atom stereocenters. The maximum atomic E-state index is 13.4. The molecule has 2 aliphatic carbocycles. The summed E-state index contributed by atoms with van der Waals surface area (Å²) >= 11 is 0. The van der Waals surface area contributed by atoms with E-state index in [0.29, 0.717) is 0 Å². The Hall–Kier alpha value is -2.13. The zero-order valence-corrected chi connectivity index (χ0v) is 18.1. The second-order valence-corrected chi connectivity index (χ2v) is 14.7. The number of hydrogen-bond donors (Lipinski definition) is 0. The highest BCUT2D eigenvalue weighted by Gasteiger charge is 2.54. The molecule has 2 nitrogen and oxygen atoms in total. The minimum Gasteiger partial charge on any atom is -0.497 e. The van der Waals surface area contributed by atoms with Gasteiger partial charge in [-0.15, -0.1) is 0 Å². The summed E-state index contributed by atoms with van der Waals surface area (Å²) in [6.07, 6.45) is 4.61. The number of fused-ring (bicyclic) bond motifs is 4. The van der Waals surface area contributed by atoms with E-state index in [-0.39, 0.29) is 11.2 Å². The van der Waals surface area contributed by atoms with Crippen LogP contribution in [0.25, 0.3) is 6.08 Å². The van der Waals surface area contributed by atoms with Gasteiger partial charge in [0.2, 0.25) is 0 Å². The van der Waals surface area contributed by atoms with Crippen LogP contribution in [0.2, 0.25) is 19.6 Å². The van der Waals surface area contributed by atoms with Crippen molar-refractivity contribution in [1.29, 1.82) is 0 Å². The first kappa shape index (κ1) is 18.2. The van der Waals surface area contributed by atoms with Crippen LogP contribution in [0.15, 0.2) is 42.5 Å². The van der Waals surface area contributed by atoms with Gasteiger partial charge in [-0.3, -0.25) is 4.79 Å². The fraction of sp³-hybridized carbons (Fsp3) is 0.375. The van der Waals surface area contributed by atoms with Crippen molar-refractivity contribution in [3.8, 4) is 5.75 Å². The Labute approximate surface area is 163 Å². The highest BCUT2D eigenvalue weighted by atomic mass is 28.3. The molecular weight excluding hydrogens is 348 g/mol. The van der Waals surface area contributed by atoms with Crippen molar-refractivity contribution in [2.75, 3.05) is 7.11 Å². The third-order valence-corrected chi connectivity index (χ3v) is 8.38. The second-order valence-electron chi connectivity index (χ2n) is 9.63. The van der Waals surface area contributed by atoms with Crippen LogP contribution in [0.4, 0.5) is 0 Å².